The molecule has 1 N–H and O–H groups in total. The number of hydrogen-bond donors (Lipinski definition) is 1. The van der Waals surface area contributed by atoms with Crippen molar-refractivity contribution in [1.29, 1.82) is 0 Å². The fraction of sp³-hybridized carbons (Fsp3) is 0.364. The van der Waals surface area contributed by atoms with E-state index in [1.807, 2.05) is 0 Å². The number of benzene rings is 1. The van der Waals surface area contributed by atoms with Crippen molar-refractivity contribution >= 4 is 45.0 Å². The lowest BCUT2D eigenvalue weighted by Gasteiger charge is -2.14. The van der Waals surface area contributed by atoms with E-state index < -0.39 is 0 Å². The molecular formula is C11H10BrCl2NO. The maximum atomic E-state index is 12.0. The molecule has 1 amide bonds. The fourth-order valence-corrected chi connectivity index (χ4v) is 2.50. The van der Waals surface area contributed by atoms with E-state index >= 15 is 0 Å². The van der Waals surface area contributed by atoms with E-state index in [0.29, 0.717) is 15.6 Å². The highest BCUT2D eigenvalue weighted by atomic mass is 79.9. The summed E-state index contributed by atoms with van der Waals surface area (Å²) < 4.78 is 0. The number of rotatable bonds is 3. The molecule has 0 unspecified atom stereocenters. The van der Waals surface area contributed by atoms with Gasteiger partial charge in [-0.15, -0.1) is 0 Å². The predicted octanol–water partition coefficient (Wildman–Crippen LogP) is 3.65. The highest BCUT2D eigenvalue weighted by Gasteiger charge is 2.43. The number of carbonyl (C=O) groups is 1. The second-order valence-electron chi connectivity index (χ2n) is 3.99. The van der Waals surface area contributed by atoms with E-state index in [0.717, 1.165) is 18.2 Å². The Morgan fingerprint density at radius 1 is 1.44 bits per heavy atom. The maximum absolute atomic E-state index is 12.0. The molecular weight excluding hydrogens is 313 g/mol. The first-order valence-corrected chi connectivity index (χ1v) is 6.78. The Kier molecular flexibility index (Phi) is 3.48. The van der Waals surface area contributed by atoms with Crippen LogP contribution in [0.5, 0.6) is 0 Å². The molecule has 5 heteroatoms. The fourth-order valence-electron chi connectivity index (χ4n) is 1.42. The zero-order valence-electron chi connectivity index (χ0n) is 8.40. The Balaban J connectivity index is 2.17. The minimum Gasteiger partial charge on any atom is -0.346 e. The number of alkyl halides is 1. The summed E-state index contributed by atoms with van der Waals surface area (Å²) in [6.07, 6.45) is 2.00. The van der Waals surface area contributed by atoms with Gasteiger partial charge >= 0.3 is 0 Å². The van der Waals surface area contributed by atoms with Crippen molar-refractivity contribution < 1.29 is 4.79 Å². The Hall–Kier alpha value is -0.250. The van der Waals surface area contributed by atoms with Crippen molar-refractivity contribution in [3.05, 3.63) is 33.8 Å². The molecule has 0 radical (unpaired) electrons. The molecule has 0 spiro atoms. The van der Waals surface area contributed by atoms with E-state index in [-0.39, 0.29) is 11.4 Å². The van der Waals surface area contributed by atoms with Crippen molar-refractivity contribution in [3.8, 4) is 0 Å². The van der Waals surface area contributed by atoms with E-state index in [1.165, 1.54) is 0 Å². The summed E-state index contributed by atoms with van der Waals surface area (Å²) in [7, 11) is 0. The number of nitrogens with one attached hydrogen (secondary N) is 1. The first-order chi connectivity index (χ1) is 7.56. The molecule has 2 rings (SSSR count). The van der Waals surface area contributed by atoms with Gasteiger partial charge in [-0.05, 0) is 31.0 Å². The average molecular weight is 323 g/mol. The molecule has 86 valence electrons. The van der Waals surface area contributed by atoms with Crippen LogP contribution in [0.1, 0.15) is 23.2 Å². The zero-order valence-corrected chi connectivity index (χ0v) is 11.5. The van der Waals surface area contributed by atoms with Crippen LogP contribution in [0.4, 0.5) is 0 Å². The molecule has 16 heavy (non-hydrogen) atoms. The molecule has 1 aliphatic carbocycles. The lowest BCUT2D eigenvalue weighted by molar-refractivity contribution is 0.0936. The van der Waals surface area contributed by atoms with Crippen LogP contribution in [0, 0.1) is 0 Å². The molecule has 1 saturated carbocycles. The summed E-state index contributed by atoms with van der Waals surface area (Å²) in [6.45, 7) is 0. The van der Waals surface area contributed by atoms with Crippen molar-refractivity contribution in [1.82, 2.24) is 5.32 Å². The van der Waals surface area contributed by atoms with Gasteiger partial charge in [0.05, 0.1) is 16.1 Å². The highest BCUT2D eigenvalue weighted by molar-refractivity contribution is 9.09. The van der Waals surface area contributed by atoms with Gasteiger partial charge in [-0.3, -0.25) is 4.79 Å². The molecule has 1 aliphatic rings. The summed E-state index contributed by atoms with van der Waals surface area (Å²) in [5.41, 5.74) is 0.351. The van der Waals surface area contributed by atoms with Crippen LogP contribution in [0.3, 0.4) is 0 Å². The third-order valence-electron chi connectivity index (χ3n) is 2.66. The van der Waals surface area contributed by atoms with Crippen LogP contribution in [-0.2, 0) is 0 Å². The van der Waals surface area contributed by atoms with Crippen molar-refractivity contribution in [3.63, 3.8) is 0 Å². The minimum absolute atomic E-state index is 0.0806. The Labute approximate surface area is 112 Å². The molecule has 0 saturated heterocycles. The summed E-state index contributed by atoms with van der Waals surface area (Å²) in [6, 6.07) is 4.88. The lowest BCUT2D eigenvalue weighted by Crippen LogP contribution is -2.38. The van der Waals surface area contributed by atoms with Crippen molar-refractivity contribution in [2.45, 2.75) is 18.4 Å². The van der Waals surface area contributed by atoms with Gasteiger partial charge in [0.2, 0.25) is 0 Å². The third-order valence-corrected chi connectivity index (χ3v) is 4.30. The van der Waals surface area contributed by atoms with E-state index in [9.17, 15) is 4.79 Å². The number of carbonyl (C=O) groups excluding carboxylic acids is 1. The molecule has 1 aromatic rings. The van der Waals surface area contributed by atoms with Crippen molar-refractivity contribution in [2.75, 3.05) is 5.33 Å². The first-order valence-electron chi connectivity index (χ1n) is 4.90. The SMILES string of the molecule is O=C(NC1(CBr)CC1)c1cc(Cl)ccc1Cl. The lowest BCUT2D eigenvalue weighted by atomic mass is 10.2. The van der Waals surface area contributed by atoms with Crippen LogP contribution >= 0.6 is 39.1 Å². The van der Waals surface area contributed by atoms with E-state index in [2.05, 4.69) is 21.2 Å². The normalized spacial score (nSPS) is 16.9. The molecule has 1 aromatic carbocycles. The molecule has 0 atom stereocenters. The van der Waals surface area contributed by atoms with E-state index in [4.69, 9.17) is 23.2 Å². The van der Waals surface area contributed by atoms with E-state index in [1.54, 1.807) is 18.2 Å². The molecule has 0 bridgehead atoms. The average Bonchev–Trinajstić information content (AvgIpc) is 3.02. The first kappa shape index (κ1) is 12.2. The summed E-state index contributed by atoms with van der Waals surface area (Å²) in [4.78, 5) is 12.0. The van der Waals surface area contributed by atoms with Gasteiger partial charge < -0.3 is 5.32 Å². The number of hydrogen-bond acceptors (Lipinski definition) is 1. The van der Waals surface area contributed by atoms with Gasteiger partial charge in [0, 0.05) is 10.4 Å². The predicted molar refractivity (Wildman–Crippen MR) is 69.7 cm³/mol. The molecule has 0 heterocycles. The van der Waals surface area contributed by atoms with Gasteiger partial charge in [-0.2, -0.15) is 0 Å². The summed E-state index contributed by atoms with van der Waals surface area (Å²) >= 11 is 15.2. The smallest absolute Gasteiger partial charge is 0.253 e. The molecule has 2 nitrogen and oxygen atoms in total. The summed E-state index contributed by atoms with van der Waals surface area (Å²) in [5.74, 6) is -0.163. The maximum Gasteiger partial charge on any atom is 0.253 e. The number of halogens is 3. The van der Waals surface area contributed by atoms with Gasteiger partial charge in [0.1, 0.15) is 0 Å². The zero-order chi connectivity index (χ0) is 11.8. The molecule has 0 aromatic heterocycles. The van der Waals surface area contributed by atoms with Gasteiger partial charge in [-0.25, -0.2) is 0 Å². The van der Waals surface area contributed by atoms with Crippen LogP contribution < -0.4 is 5.32 Å². The van der Waals surface area contributed by atoms with Gasteiger partial charge in [-0.1, -0.05) is 39.1 Å². The Morgan fingerprint density at radius 3 is 2.69 bits per heavy atom. The van der Waals surface area contributed by atoms with Crippen LogP contribution in [0.25, 0.3) is 0 Å². The Morgan fingerprint density at radius 2 is 2.12 bits per heavy atom. The Bertz CT molecular complexity index is 432. The number of amides is 1. The van der Waals surface area contributed by atoms with Gasteiger partial charge in [0.15, 0.2) is 0 Å². The standard InChI is InChI=1S/C11H10BrCl2NO/c12-6-11(3-4-11)15-10(16)8-5-7(13)1-2-9(8)14/h1-2,5H,3-4,6H2,(H,15,16). The quantitative estimate of drug-likeness (QED) is 0.846. The second kappa shape index (κ2) is 4.55. The van der Waals surface area contributed by atoms with Gasteiger partial charge in [0.25, 0.3) is 5.91 Å². The molecule has 1 fully saturated rings. The largest absolute Gasteiger partial charge is 0.346 e. The topological polar surface area (TPSA) is 29.1 Å². The van der Waals surface area contributed by atoms with Crippen LogP contribution in [-0.4, -0.2) is 16.8 Å². The van der Waals surface area contributed by atoms with Crippen LogP contribution in [0.2, 0.25) is 10.0 Å². The summed E-state index contributed by atoms with van der Waals surface area (Å²) in [5, 5.41) is 4.68. The third kappa shape index (κ3) is 2.53. The monoisotopic (exact) mass is 321 g/mol. The highest BCUT2D eigenvalue weighted by Crippen LogP contribution is 2.37. The second-order valence-corrected chi connectivity index (χ2v) is 5.40. The van der Waals surface area contributed by atoms with Crippen molar-refractivity contribution in [2.24, 2.45) is 0 Å². The van der Waals surface area contributed by atoms with Crippen LogP contribution in [0.15, 0.2) is 18.2 Å². The minimum atomic E-state index is -0.163. The molecule has 0 aliphatic heterocycles.